The van der Waals surface area contributed by atoms with Gasteiger partial charge in [-0.3, -0.25) is 0 Å². The first-order valence-electron chi connectivity index (χ1n) is 4.95. The quantitative estimate of drug-likeness (QED) is 0.850. The topological polar surface area (TPSA) is 64.7 Å². The third-order valence-electron chi connectivity index (χ3n) is 2.07. The van der Waals surface area contributed by atoms with E-state index < -0.39 is 0 Å². The van der Waals surface area contributed by atoms with Crippen molar-refractivity contribution in [3.63, 3.8) is 0 Å². The second kappa shape index (κ2) is 3.78. The summed E-state index contributed by atoms with van der Waals surface area (Å²) in [5, 5.41) is 10.4. The van der Waals surface area contributed by atoms with Gasteiger partial charge in [0.15, 0.2) is 5.01 Å². The fourth-order valence-corrected chi connectivity index (χ4v) is 3.10. The molecule has 6 heteroatoms. The molecule has 0 aliphatic heterocycles. The van der Waals surface area contributed by atoms with Crippen molar-refractivity contribution < 1.29 is 0 Å². The third-order valence-corrected chi connectivity index (χ3v) is 4.56. The van der Waals surface area contributed by atoms with Crippen molar-refractivity contribution in [1.29, 1.82) is 0 Å². The second-order valence-electron chi connectivity index (χ2n) is 4.63. The van der Waals surface area contributed by atoms with E-state index >= 15 is 0 Å². The van der Waals surface area contributed by atoms with Crippen LogP contribution in [0.25, 0.3) is 9.88 Å². The Morgan fingerprint density at radius 1 is 1.12 bits per heavy atom. The maximum atomic E-state index is 5.59. The van der Waals surface area contributed by atoms with Gasteiger partial charge in [-0.1, -0.05) is 32.1 Å². The van der Waals surface area contributed by atoms with Gasteiger partial charge in [-0.15, -0.1) is 21.5 Å². The summed E-state index contributed by atoms with van der Waals surface area (Å²) in [6.07, 6.45) is 0. The number of nitrogen functional groups attached to an aromatic ring is 1. The molecule has 0 radical (unpaired) electrons. The normalized spacial score (nSPS) is 12.0. The van der Waals surface area contributed by atoms with Crippen LogP contribution in [0.2, 0.25) is 0 Å². The van der Waals surface area contributed by atoms with Crippen molar-refractivity contribution in [2.45, 2.75) is 33.1 Å². The van der Waals surface area contributed by atoms with Crippen molar-refractivity contribution >= 4 is 27.8 Å². The summed E-state index contributed by atoms with van der Waals surface area (Å²) in [7, 11) is 0. The highest BCUT2D eigenvalue weighted by Gasteiger charge is 2.22. The summed E-state index contributed by atoms with van der Waals surface area (Å²) >= 11 is 3.08. The number of nitrogens with zero attached hydrogens (tertiary/aromatic N) is 3. The SMILES string of the molecule is Cc1nc(C(C)(C)C)sc1-c1nnc(N)s1. The van der Waals surface area contributed by atoms with Gasteiger partial charge in [-0.25, -0.2) is 4.98 Å². The number of aryl methyl sites for hydroxylation is 1. The number of thiazole rings is 1. The van der Waals surface area contributed by atoms with Crippen molar-refractivity contribution in [2.24, 2.45) is 0 Å². The Labute approximate surface area is 103 Å². The predicted molar refractivity (Wildman–Crippen MR) is 68.9 cm³/mol. The van der Waals surface area contributed by atoms with E-state index in [0.29, 0.717) is 5.13 Å². The second-order valence-corrected chi connectivity index (χ2v) is 6.64. The van der Waals surface area contributed by atoms with Crippen molar-refractivity contribution in [1.82, 2.24) is 15.2 Å². The molecule has 2 heterocycles. The highest BCUT2D eigenvalue weighted by Crippen LogP contribution is 2.36. The molecule has 4 nitrogen and oxygen atoms in total. The van der Waals surface area contributed by atoms with Gasteiger partial charge in [-0.05, 0) is 6.92 Å². The molecule has 0 amide bonds. The summed E-state index contributed by atoms with van der Waals surface area (Å²) in [5.74, 6) is 0. The Balaban J connectivity index is 2.47. The van der Waals surface area contributed by atoms with E-state index in [4.69, 9.17) is 5.73 Å². The zero-order valence-electron chi connectivity index (χ0n) is 9.74. The molecule has 0 spiro atoms. The molecule has 0 aromatic carbocycles. The lowest BCUT2D eigenvalue weighted by atomic mass is 9.98. The number of nitrogens with two attached hydrogens (primary N) is 1. The van der Waals surface area contributed by atoms with Crippen LogP contribution in [-0.4, -0.2) is 15.2 Å². The Bertz CT molecular complexity index is 507. The number of aromatic nitrogens is 3. The summed E-state index contributed by atoms with van der Waals surface area (Å²) in [6.45, 7) is 8.47. The van der Waals surface area contributed by atoms with E-state index in [9.17, 15) is 0 Å². The minimum Gasteiger partial charge on any atom is -0.374 e. The van der Waals surface area contributed by atoms with Gasteiger partial charge in [0.1, 0.15) is 0 Å². The molecule has 2 aromatic heterocycles. The fraction of sp³-hybridized carbons (Fsp3) is 0.500. The molecule has 0 unspecified atom stereocenters. The number of rotatable bonds is 1. The monoisotopic (exact) mass is 254 g/mol. The van der Waals surface area contributed by atoms with Crippen LogP contribution in [0.4, 0.5) is 5.13 Å². The zero-order chi connectivity index (χ0) is 11.9. The first-order valence-corrected chi connectivity index (χ1v) is 6.58. The van der Waals surface area contributed by atoms with Crippen LogP contribution in [0.1, 0.15) is 31.5 Å². The van der Waals surface area contributed by atoms with Gasteiger partial charge < -0.3 is 5.73 Å². The van der Waals surface area contributed by atoms with E-state index in [1.54, 1.807) is 11.3 Å². The molecule has 86 valence electrons. The molecule has 0 atom stereocenters. The van der Waals surface area contributed by atoms with Gasteiger partial charge in [0.2, 0.25) is 5.13 Å². The largest absolute Gasteiger partial charge is 0.374 e. The highest BCUT2D eigenvalue weighted by atomic mass is 32.1. The molecule has 16 heavy (non-hydrogen) atoms. The summed E-state index contributed by atoms with van der Waals surface area (Å²) in [5.41, 5.74) is 6.67. The number of hydrogen-bond donors (Lipinski definition) is 1. The zero-order valence-corrected chi connectivity index (χ0v) is 11.4. The Hall–Kier alpha value is -1.01. The molecule has 0 fully saturated rings. The minimum absolute atomic E-state index is 0.0733. The first-order chi connectivity index (χ1) is 7.38. The van der Waals surface area contributed by atoms with Gasteiger partial charge in [0, 0.05) is 5.41 Å². The van der Waals surface area contributed by atoms with Crippen molar-refractivity contribution in [3.8, 4) is 9.88 Å². The summed E-state index contributed by atoms with van der Waals surface area (Å²) in [4.78, 5) is 5.67. The summed E-state index contributed by atoms with van der Waals surface area (Å²) in [6, 6.07) is 0. The molecule has 2 aromatic rings. The smallest absolute Gasteiger partial charge is 0.203 e. The number of hydrogen-bond acceptors (Lipinski definition) is 6. The molecule has 0 saturated carbocycles. The van der Waals surface area contributed by atoms with Crippen molar-refractivity contribution in [3.05, 3.63) is 10.7 Å². The predicted octanol–water partition coefficient (Wildman–Crippen LogP) is 2.85. The Morgan fingerprint density at radius 2 is 1.81 bits per heavy atom. The molecule has 2 rings (SSSR count). The van der Waals surface area contributed by atoms with Gasteiger partial charge in [0.25, 0.3) is 0 Å². The van der Waals surface area contributed by atoms with E-state index in [1.165, 1.54) is 11.3 Å². The lowest BCUT2D eigenvalue weighted by Crippen LogP contribution is -2.10. The number of anilines is 1. The average Bonchev–Trinajstić information content (AvgIpc) is 2.70. The molecule has 0 aliphatic carbocycles. The van der Waals surface area contributed by atoms with Crippen LogP contribution in [-0.2, 0) is 5.41 Å². The standard InChI is InChI=1S/C10H14N4S2/c1-5-6(7-13-14-9(11)16-7)15-8(12-5)10(2,3)4/h1-4H3,(H2,11,14). The van der Waals surface area contributed by atoms with Gasteiger partial charge in [0.05, 0.1) is 15.6 Å². The van der Waals surface area contributed by atoms with Crippen LogP contribution in [0, 0.1) is 6.92 Å². The maximum Gasteiger partial charge on any atom is 0.203 e. The maximum absolute atomic E-state index is 5.59. The summed E-state index contributed by atoms with van der Waals surface area (Å²) < 4.78 is 0. The van der Waals surface area contributed by atoms with Crippen LogP contribution < -0.4 is 5.73 Å². The van der Waals surface area contributed by atoms with Crippen molar-refractivity contribution in [2.75, 3.05) is 5.73 Å². The van der Waals surface area contributed by atoms with Crippen LogP contribution in [0.15, 0.2) is 0 Å². The first kappa shape index (κ1) is 11.5. The third kappa shape index (κ3) is 2.08. The molecule has 0 aliphatic rings. The van der Waals surface area contributed by atoms with Crippen LogP contribution in [0.3, 0.4) is 0 Å². The van der Waals surface area contributed by atoms with Crippen LogP contribution >= 0.6 is 22.7 Å². The van der Waals surface area contributed by atoms with Gasteiger partial charge >= 0.3 is 0 Å². The highest BCUT2D eigenvalue weighted by molar-refractivity contribution is 7.23. The van der Waals surface area contributed by atoms with E-state index in [-0.39, 0.29) is 5.41 Å². The molecule has 0 saturated heterocycles. The average molecular weight is 254 g/mol. The molecule has 0 bridgehead atoms. The Kier molecular flexibility index (Phi) is 2.71. The van der Waals surface area contributed by atoms with Crippen LogP contribution in [0.5, 0.6) is 0 Å². The molecular formula is C10H14N4S2. The minimum atomic E-state index is 0.0733. The fourth-order valence-electron chi connectivity index (χ4n) is 1.24. The van der Waals surface area contributed by atoms with E-state index in [0.717, 1.165) is 20.6 Å². The van der Waals surface area contributed by atoms with E-state index in [1.807, 2.05) is 6.92 Å². The van der Waals surface area contributed by atoms with Gasteiger partial charge in [-0.2, -0.15) is 0 Å². The lowest BCUT2D eigenvalue weighted by molar-refractivity contribution is 0.584. The molecular weight excluding hydrogens is 240 g/mol. The van der Waals surface area contributed by atoms with E-state index in [2.05, 4.69) is 36.0 Å². The lowest BCUT2D eigenvalue weighted by Gasteiger charge is -2.13. The molecule has 2 N–H and O–H groups in total. The Morgan fingerprint density at radius 3 is 2.25 bits per heavy atom.